The molecule has 0 saturated carbocycles. The van der Waals surface area contributed by atoms with E-state index in [0.29, 0.717) is 29.9 Å². The molecule has 1 aromatic rings. The maximum atomic E-state index is 11.1. The van der Waals surface area contributed by atoms with Crippen molar-refractivity contribution >= 4 is 17.7 Å². The molecule has 96 valence electrons. The number of ether oxygens (including phenoxy) is 1. The fraction of sp³-hybridized carbons (Fsp3) is 0.727. The third kappa shape index (κ3) is 5.72. The van der Waals surface area contributed by atoms with Crippen LogP contribution in [0.25, 0.3) is 0 Å². The van der Waals surface area contributed by atoms with Crippen LogP contribution in [0.2, 0.25) is 0 Å². The number of aromatic nitrogens is 2. The Hall–Kier alpha value is -1.04. The van der Waals surface area contributed by atoms with Crippen LogP contribution in [-0.2, 0) is 21.7 Å². The van der Waals surface area contributed by atoms with E-state index < -0.39 is 0 Å². The molecule has 1 rings (SSSR count). The molecule has 0 N–H and O–H groups in total. The summed E-state index contributed by atoms with van der Waals surface area (Å²) < 4.78 is 9.88. The minimum atomic E-state index is -0.209. The van der Waals surface area contributed by atoms with E-state index in [0.717, 1.165) is 12.2 Å². The van der Waals surface area contributed by atoms with Gasteiger partial charge in [-0.25, -0.2) is 0 Å². The Morgan fingerprint density at radius 2 is 2.29 bits per heavy atom. The lowest BCUT2D eigenvalue weighted by Gasteiger charge is -1.99. The number of thioether (sulfide) groups is 1. The van der Waals surface area contributed by atoms with Crippen molar-refractivity contribution in [1.82, 2.24) is 10.1 Å². The number of nitrogens with zero attached hydrogens (tertiary/aromatic N) is 2. The van der Waals surface area contributed by atoms with Gasteiger partial charge in [-0.05, 0) is 12.8 Å². The van der Waals surface area contributed by atoms with Crippen LogP contribution < -0.4 is 0 Å². The molecule has 1 aromatic heterocycles. The number of carbonyl (C=O) groups is 1. The van der Waals surface area contributed by atoms with Crippen molar-refractivity contribution in [3.8, 4) is 0 Å². The molecule has 0 atom stereocenters. The molecule has 0 aromatic carbocycles. The summed E-state index contributed by atoms with van der Waals surface area (Å²) in [4.78, 5) is 15.3. The Bertz CT molecular complexity index is 352. The molecule has 0 aliphatic carbocycles. The summed E-state index contributed by atoms with van der Waals surface area (Å²) in [6.45, 7) is 6.41. The third-order valence-electron chi connectivity index (χ3n) is 1.85. The van der Waals surface area contributed by atoms with Crippen molar-refractivity contribution in [3.05, 3.63) is 11.7 Å². The van der Waals surface area contributed by atoms with E-state index in [4.69, 9.17) is 9.26 Å². The monoisotopic (exact) mass is 258 g/mol. The molecule has 5 nitrogen and oxygen atoms in total. The zero-order valence-electron chi connectivity index (χ0n) is 10.4. The van der Waals surface area contributed by atoms with E-state index >= 15 is 0 Å². The minimum absolute atomic E-state index is 0.209. The van der Waals surface area contributed by atoms with Gasteiger partial charge in [0, 0.05) is 6.42 Å². The smallest absolute Gasteiger partial charge is 0.315 e. The summed E-state index contributed by atoms with van der Waals surface area (Å²) in [5, 5.41) is 3.87. The first-order valence-electron chi connectivity index (χ1n) is 5.66. The zero-order valence-corrected chi connectivity index (χ0v) is 11.2. The van der Waals surface area contributed by atoms with Crippen molar-refractivity contribution in [2.75, 3.05) is 12.4 Å². The summed E-state index contributed by atoms with van der Waals surface area (Å²) in [6, 6.07) is 0. The summed E-state index contributed by atoms with van der Waals surface area (Å²) in [5.74, 6) is 2.45. The van der Waals surface area contributed by atoms with Gasteiger partial charge in [0.05, 0.1) is 18.1 Å². The highest BCUT2D eigenvalue weighted by Crippen LogP contribution is 2.12. The van der Waals surface area contributed by atoms with Gasteiger partial charge >= 0.3 is 5.97 Å². The Kier molecular flexibility index (Phi) is 6.04. The molecule has 0 bridgehead atoms. The van der Waals surface area contributed by atoms with Gasteiger partial charge in [0.25, 0.3) is 0 Å². The van der Waals surface area contributed by atoms with Gasteiger partial charge in [0.15, 0.2) is 5.82 Å². The van der Waals surface area contributed by atoms with E-state index in [1.54, 1.807) is 6.92 Å². The Balaban J connectivity index is 2.27. The summed E-state index contributed by atoms with van der Waals surface area (Å²) in [5.41, 5.74) is 0. The fourth-order valence-electron chi connectivity index (χ4n) is 1.22. The largest absolute Gasteiger partial charge is 0.465 e. The molecule has 0 unspecified atom stereocenters. The van der Waals surface area contributed by atoms with Crippen molar-refractivity contribution in [1.29, 1.82) is 0 Å². The van der Waals surface area contributed by atoms with Crippen LogP contribution in [0, 0.1) is 5.92 Å². The number of hydrogen-bond donors (Lipinski definition) is 0. The first kappa shape index (κ1) is 14.0. The molecule has 6 heteroatoms. The summed E-state index contributed by atoms with van der Waals surface area (Å²) >= 11 is 1.42. The lowest BCUT2D eigenvalue weighted by molar-refractivity contribution is -0.139. The summed E-state index contributed by atoms with van der Waals surface area (Å²) in [6.07, 6.45) is 0.812. The van der Waals surface area contributed by atoms with Crippen molar-refractivity contribution in [3.63, 3.8) is 0 Å². The predicted octanol–water partition coefficient (Wildman–Crippen LogP) is 2.06. The lowest BCUT2D eigenvalue weighted by atomic mass is 10.1. The van der Waals surface area contributed by atoms with Crippen molar-refractivity contribution < 1.29 is 14.1 Å². The van der Waals surface area contributed by atoms with Gasteiger partial charge in [0.2, 0.25) is 5.89 Å². The maximum absolute atomic E-state index is 11.1. The number of esters is 1. The minimum Gasteiger partial charge on any atom is -0.465 e. The van der Waals surface area contributed by atoms with Gasteiger partial charge in [-0.1, -0.05) is 19.0 Å². The molecule has 0 aliphatic heterocycles. The number of carbonyl (C=O) groups excluding carboxylic acids is 1. The summed E-state index contributed by atoms with van der Waals surface area (Å²) in [7, 11) is 0. The van der Waals surface area contributed by atoms with Crippen LogP contribution in [0.5, 0.6) is 0 Å². The van der Waals surface area contributed by atoms with Crippen LogP contribution in [0.3, 0.4) is 0 Å². The van der Waals surface area contributed by atoms with Gasteiger partial charge in [-0.15, -0.1) is 11.8 Å². The molecule has 17 heavy (non-hydrogen) atoms. The average Bonchev–Trinajstić information content (AvgIpc) is 2.65. The molecule has 0 saturated heterocycles. The first-order valence-corrected chi connectivity index (χ1v) is 6.82. The second-order valence-corrected chi connectivity index (χ2v) is 4.99. The Morgan fingerprint density at radius 3 is 2.94 bits per heavy atom. The van der Waals surface area contributed by atoms with Gasteiger partial charge < -0.3 is 9.26 Å². The molecular weight excluding hydrogens is 240 g/mol. The second-order valence-electron chi connectivity index (χ2n) is 4.00. The van der Waals surface area contributed by atoms with Gasteiger partial charge in [-0.3, -0.25) is 4.79 Å². The average molecular weight is 258 g/mol. The predicted molar refractivity (Wildman–Crippen MR) is 65.6 cm³/mol. The van der Waals surface area contributed by atoms with Gasteiger partial charge in [-0.2, -0.15) is 4.98 Å². The Labute approximate surface area is 105 Å². The van der Waals surface area contributed by atoms with E-state index in [1.165, 1.54) is 11.8 Å². The quantitative estimate of drug-likeness (QED) is 0.697. The number of hydrogen-bond acceptors (Lipinski definition) is 6. The standard InChI is InChI=1S/C11H18N2O3S/c1-4-15-11(14)7-17-6-10-12-9(13-16-10)5-8(2)3/h8H,4-7H2,1-3H3. The molecule has 0 spiro atoms. The normalized spacial score (nSPS) is 10.8. The van der Waals surface area contributed by atoms with Crippen molar-refractivity contribution in [2.45, 2.75) is 32.9 Å². The highest BCUT2D eigenvalue weighted by Gasteiger charge is 2.09. The van der Waals surface area contributed by atoms with E-state index in [-0.39, 0.29) is 5.97 Å². The van der Waals surface area contributed by atoms with Crippen LogP contribution in [0.1, 0.15) is 32.5 Å². The Morgan fingerprint density at radius 1 is 1.53 bits per heavy atom. The SMILES string of the molecule is CCOC(=O)CSCc1nc(CC(C)C)no1. The molecule has 0 aliphatic rings. The van der Waals surface area contributed by atoms with Gasteiger partial charge in [0.1, 0.15) is 0 Å². The van der Waals surface area contributed by atoms with Crippen LogP contribution >= 0.6 is 11.8 Å². The molecular formula is C11H18N2O3S. The van der Waals surface area contributed by atoms with E-state index in [1.807, 2.05) is 0 Å². The second kappa shape index (κ2) is 7.32. The molecule has 0 radical (unpaired) electrons. The van der Waals surface area contributed by atoms with E-state index in [2.05, 4.69) is 24.0 Å². The van der Waals surface area contributed by atoms with Crippen molar-refractivity contribution in [2.24, 2.45) is 5.92 Å². The molecule has 0 fully saturated rings. The van der Waals surface area contributed by atoms with Crippen LogP contribution in [0.15, 0.2) is 4.52 Å². The first-order chi connectivity index (χ1) is 8.11. The number of rotatable bonds is 7. The highest BCUT2D eigenvalue weighted by atomic mass is 32.2. The lowest BCUT2D eigenvalue weighted by Crippen LogP contribution is -2.06. The zero-order chi connectivity index (χ0) is 12.7. The van der Waals surface area contributed by atoms with Crippen LogP contribution in [-0.4, -0.2) is 28.5 Å². The topological polar surface area (TPSA) is 65.2 Å². The molecule has 1 heterocycles. The highest BCUT2D eigenvalue weighted by molar-refractivity contribution is 7.99. The maximum Gasteiger partial charge on any atom is 0.315 e. The fourth-order valence-corrected chi connectivity index (χ4v) is 1.87. The van der Waals surface area contributed by atoms with Crippen LogP contribution in [0.4, 0.5) is 0 Å². The third-order valence-corrected chi connectivity index (χ3v) is 2.74. The molecule has 0 amide bonds. The van der Waals surface area contributed by atoms with E-state index in [9.17, 15) is 4.79 Å².